The summed E-state index contributed by atoms with van der Waals surface area (Å²) in [6.45, 7) is 16.1. The van der Waals surface area contributed by atoms with Gasteiger partial charge in [-0.2, -0.15) is 0 Å². The molecule has 0 unspecified atom stereocenters. The van der Waals surface area contributed by atoms with Gasteiger partial charge in [0.15, 0.2) is 5.78 Å². The summed E-state index contributed by atoms with van der Waals surface area (Å²) in [7, 11) is -2.05. The van der Waals surface area contributed by atoms with Gasteiger partial charge in [-0.15, -0.1) is 0 Å². The molecule has 148 valence electrons. The van der Waals surface area contributed by atoms with Crippen molar-refractivity contribution in [3.05, 3.63) is 12.2 Å². The molecule has 3 aliphatic rings. The molecular formula is C22H38O3Si. The van der Waals surface area contributed by atoms with Crippen LogP contribution >= 0.6 is 0 Å². The van der Waals surface area contributed by atoms with Gasteiger partial charge in [-0.05, 0) is 35.9 Å². The summed E-state index contributed by atoms with van der Waals surface area (Å²) < 4.78 is 13.5. The summed E-state index contributed by atoms with van der Waals surface area (Å²) in [5.41, 5.74) is 1.12. The Morgan fingerprint density at radius 1 is 1.15 bits per heavy atom. The second-order valence-corrected chi connectivity index (χ2v) is 15.0. The number of fused-ring (bicyclic) bond motifs is 6. The Morgan fingerprint density at radius 2 is 1.77 bits per heavy atom. The van der Waals surface area contributed by atoms with Crippen LogP contribution in [0.3, 0.4) is 0 Å². The summed E-state index contributed by atoms with van der Waals surface area (Å²) in [5, 5.41) is 0. The van der Waals surface area contributed by atoms with Gasteiger partial charge < -0.3 is 9.16 Å². The largest absolute Gasteiger partial charge is 0.412 e. The minimum atomic E-state index is -2.05. The summed E-state index contributed by atoms with van der Waals surface area (Å²) in [6.07, 6.45) is 8.12. The van der Waals surface area contributed by atoms with Gasteiger partial charge in [0.25, 0.3) is 0 Å². The highest BCUT2D eigenvalue weighted by Gasteiger charge is 2.63. The number of carbonyl (C=O) groups is 1. The number of Topliss-reactive ketones (excluding diaryl/α,β-unsaturated/α-hetero) is 1. The third kappa shape index (κ3) is 2.70. The van der Waals surface area contributed by atoms with Crippen molar-refractivity contribution < 1.29 is 14.0 Å². The van der Waals surface area contributed by atoms with Crippen LogP contribution in [0.5, 0.6) is 0 Å². The predicted molar refractivity (Wildman–Crippen MR) is 109 cm³/mol. The van der Waals surface area contributed by atoms with Crippen LogP contribution in [0.2, 0.25) is 16.6 Å². The highest BCUT2D eigenvalue weighted by Crippen LogP contribution is 2.55. The van der Waals surface area contributed by atoms with E-state index in [0.29, 0.717) is 22.4 Å². The van der Waals surface area contributed by atoms with Crippen molar-refractivity contribution in [2.24, 2.45) is 11.3 Å². The number of ketones is 1. The molecule has 3 nitrogen and oxygen atoms in total. The topological polar surface area (TPSA) is 35.5 Å². The maximum absolute atomic E-state index is 13.6. The van der Waals surface area contributed by atoms with E-state index >= 15 is 0 Å². The molecule has 4 heteroatoms. The van der Waals surface area contributed by atoms with Gasteiger partial charge in [0.2, 0.25) is 8.32 Å². The first-order valence-corrected chi connectivity index (χ1v) is 12.9. The third-order valence-electron chi connectivity index (χ3n) is 7.58. The van der Waals surface area contributed by atoms with Crippen LogP contribution in [0.15, 0.2) is 12.2 Å². The normalized spacial score (nSPS) is 35.0. The van der Waals surface area contributed by atoms with Gasteiger partial charge in [-0.1, -0.05) is 67.0 Å². The summed E-state index contributed by atoms with van der Waals surface area (Å²) in [4.78, 5) is 13.6. The molecular weight excluding hydrogens is 340 g/mol. The standard InChI is InChI=1S/C22H38O3Si/c1-8-19(25-26(14(2)3,15(4)5)16(6)7)22-13-9-10-17(21(22)23)18-11-12-20(22)24-18/h11-12,14-20H,8-10,13H2,1-7H3/t17-,18-,19-,20+,22-/m0/s1. The Balaban J connectivity index is 2.02. The van der Waals surface area contributed by atoms with E-state index in [-0.39, 0.29) is 24.2 Å². The molecule has 0 spiro atoms. The van der Waals surface area contributed by atoms with E-state index in [9.17, 15) is 4.79 Å². The Bertz CT molecular complexity index is 546. The first-order chi connectivity index (χ1) is 12.2. The average molecular weight is 379 g/mol. The fraction of sp³-hybridized carbons (Fsp3) is 0.864. The van der Waals surface area contributed by atoms with E-state index in [1.54, 1.807) is 0 Å². The monoisotopic (exact) mass is 378 g/mol. The number of carbonyl (C=O) groups excluding carboxylic acids is 1. The van der Waals surface area contributed by atoms with E-state index < -0.39 is 13.7 Å². The zero-order chi connectivity index (χ0) is 19.3. The molecule has 1 aliphatic carbocycles. The van der Waals surface area contributed by atoms with Gasteiger partial charge in [0.1, 0.15) is 0 Å². The van der Waals surface area contributed by atoms with Gasteiger partial charge in [0.05, 0.1) is 23.7 Å². The first-order valence-electron chi connectivity index (χ1n) is 10.8. The zero-order valence-electron chi connectivity index (χ0n) is 17.7. The number of hydrogen-bond donors (Lipinski definition) is 0. The Morgan fingerprint density at radius 3 is 2.31 bits per heavy atom. The molecule has 0 N–H and O–H groups in total. The van der Waals surface area contributed by atoms with Crippen LogP contribution in [0, 0.1) is 11.3 Å². The van der Waals surface area contributed by atoms with Crippen molar-refractivity contribution in [2.75, 3.05) is 0 Å². The molecule has 2 heterocycles. The minimum absolute atomic E-state index is 0.0146. The molecule has 0 aromatic rings. The molecule has 4 bridgehead atoms. The molecule has 1 saturated carbocycles. The van der Waals surface area contributed by atoms with Gasteiger partial charge in [-0.25, -0.2) is 0 Å². The van der Waals surface area contributed by atoms with E-state index in [2.05, 4.69) is 60.6 Å². The molecule has 0 aromatic heterocycles. The molecule has 0 radical (unpaired) electrons. The van der Waals surface area contributed by atoms with Crippen molar-refractivity contribution in [2.45, 2.75) is 109 Å². The van der Waals surface area contributed by atoms with E-state index in [4.69, 9.17) is 9.16 Å². The van der Waals surface area contributed by atoms with Crippen molar-refractivity contribution in [1.82, 2.24) is 0 Å². The third-order valence-corrected chi connectivity index (χ3v) is 13.7. The van der Waals surface area contributed by atoms with Gasteiger partial charge in [-0.3, -0.25) is 4.79 Å². The number of hydrogen-bond acceptors (Lipinski definition) is 3. The highest BCUT2D eigenvalue weighted by molar-refractivity contribution is 6.77. The summed E-state index contributed by atoms with van der Waals surface area (Å²) in [5.74, 6) is 0.477. The lowest BCUT2D eigenvalue weighted by Crippen LogP contribution is -2.63. The van der Waals surface area contributed by atoms with Crippen molar-refractivity contribution in [1.29, 1.82) is 0 Å². The Hall–Kier alpha value is -0.453. The van der Waals surface area contributed by atoms with E-state index in [0.717, 1.165) is 25.7 Å². The number of ether oxygens (including phenoxy) is 1. The predicted octanol–water partition coefficient (Wildman–Crippen LogP) is 5.65. The van der Waals surface area contributed by atoms with Crippen molar-refractivity contribution in [3.8, 4) is 0 Å². The molecule has 0 aromatic carbocycles. The highest BCUT2D eigenvalue weighted by atomic mass is 28.4. The van der Waals surface area contributed by atoms with Crippen molar-refractivity contribution >= 4 is 14.1 Å². The lowest BCUT2D eigenvalue weighted by molar-refractivity contribution is -0.183. The molecule has 2 aliphatic heterocycles. The lowest BCUT2D eigenvalue weighted by atomic mass is 9.60. The second-order valence-electron chi connectivity index (χ2n) is 9.64. The fourth-order valence-electron chi connectivity index (χ4n) is 6.51. The Kier molecular flexibility index (Phi) is 5.60. The van der Waals surface area contributed by atoms with Crippen LogP contribution in [0.1, 0.15) is 74.1 Å². The molecule has 26 heavy (non-hydrogen) atoms. The van der Waals surface area contributed by atoms with Crippen LogP contribution in [0.4, 0.5) is 0 Å². The quantitative estimate of drug-likeness (QED) is 0.424. The SMILES string of the molecule is CC[C@H](O[Si](C(C)C)(C(C)C)C(C)C)[C@]12CCC[C@H](C1=O)[C@@H]1C=C[C@H]2O1. The van der Waals surface area contributed by atoms with Crippen LogP contribution < -0.4 is 0 Å². The summed E-state index contributed by atoms with van der Waals surface area (Å²) >= 11 is 0. The molecule has 2 fully saturated rings. The van der Waals surface area contributed by atoms with Crippen LogP contribution in [0.25, 0.3) is 0 Å². The van der Waals surface area contributed by atoms with Gasteiger partial charge >= 0.3 is 0 Å². The van der Waals surface area contributed by atoms with E-state index in [1.165, 1.54) is 0 Å². The molecule has 3 rings (SSSR count). The average Bonchev–Trinajstić information content (AvgIpc) is 3.03. The fourth-order valence-corrected chi connectivity index (χ4v) is 12.2. The molecule has 1 saturated heterocycles. The maximum atomic E-state index is 13.6. The number of rotatable bonds is 7. The van der Waals surface area contributed by atoms with Crippen molar-refractivity contribution in [3.63, 3.8) is 0 Å². The van der Waals surface area contributed by atoms with Crippen LogP contribution in [-0.4, -0.2) is 32.4 Å². The summed E-state index contributed by atoms with van der Waals surface area (Å²) in [6, 6.07) is 0. The molecule has 5 atom stereocenters. The Labute approximate surface area is 161 Å². The zero-order valence-corrected chi connectivity index (χ0v) is 18.7. The lowest BCUT2D eigenvalue weighted by Gasteiger charge is -2.55. The first kappa shape index (κ1) is 20.3. The van der Waals surface area contributed by atoms with Gasteiger partial charge in [0, 0.05) is 5.92 Å². The van der Waals surface area contributed by atoms with Crippen LogP contribution in [-0.2, 0) is 14.0 Å². The maximum Gasteiger partial charge on any atom is 0.200 e. The minimum Gasteiger partial charge on any atom is -0.412 e. The smallest absolute Gasteiger partial charge is 0.200 e. The second kappa shape index (κ2) is 7.18. The molecule has 0 amide bonds. The van der Waals surface area contributed by atoms with E-state index in [1.807, 2.05) is 0 Å².